The summed E-state index contributed by atoms with van der Waals surface area (Å²) < 4.78 is 14.5. The smallest absolute Gasteiger partial charge is 0.123 e. The lowest BCUT2D eigenvalue weighted by Gasteiger charge is -2.10. The molecule has 0 saturated carbocycles. The molecular weight excluding hydrogens is 217 g/mol. The van der Waals surface area contributed by atoms with Crippen LogP contribution in [-0.2, 0) is 13.5 Å². The Hall–Kier alpha value is -1.68. The summed E-state index contributed by atoms with van der Waals surface area (Å²) in [6, 6.07) is 6.34. The molecule has 3 nitrogen and oxygen atoms in total. The van der Waals surface area contributed by atoms with Crippen LogP contribution in [0.25, 0.3) is 0 Å². The molecule has 4 heteroatoms. The predicted molar refractivity (Wildman–Crippen MR) is 65.0 cm³/mol. The van der Waals surface area contributed by atoms with E-state index >= 15 is 0 Å². The van der Waals surface area contributed by atoms with Crippen LogP contribution >= 0.6 is 0 Å². The van der Waals surface area contributed by atoms with Crippen LogP contribution < -0.4 is 5.73 Å². The van der Waals surface area contributed by atoms with Crippen molar-refractivity contribution in [3.63, 3.8) is 0 Å². The van der Waals surface area contributed by atoms with E-state index in [-0.39, 0.29) is 11.9 Å². The third kappa shape index (κ3) is 2.71. The summed E-state index contributed by atoms with van der Waals surface area (Å²) in [7, 11) is 1.88. The van der Waals surface area contributed by atoms with E-state index in [4.69, 9.17) is 5.73 Å². The van der Waals surface area contributed by atoms with Crippen molar-refractivity contribution in [2.24, 2.45) is 12.8 Å². The molecule has 90 valence electrons. The molecule has 0 fully saturated rings. The molecule has 0 aliphatic heterocycles. The van der Waals surface area contributed by atoms with Gasteiger partial charge in [-0.05, 0) is 31.0 Å². The Morgan fingerprint density at radius 1 is 1.35 bits per heavy atom. The van der Waals surface area contributed by atoms with Crippen LogP contribution in [0.3, 0.4) is 0 Å². The van der Waals surface area contributed by atoms with Gasteiger partial charge in [0.25, 0.3) is 0 Å². The summed E-state index contributed by atoms with van der Waals surface area (Å²) in [4.78, 5) is 0. The maximum atomic E-state index is 12.8. The van der Waals surface area contributed by atoms with Crippen LogP contribution in [0, 0.1) is 12.7 Å². The minimum absolute atomic E-state index is 0.103. The Morgan fingerprint density at radius 3 is 2.53 bits per heavy atom. The number of hydrogen-bond donors (Lipinski definition) is 1. The quantitative estimate of drug-likeness (QED) is 0.882. The normalized spacial score (nSPS) is 12.7. The molecule has 2 aromatic rings. The number of nitrogens with zero attached hydrogens (tertiary/aromatic N) is 2. The zero-order chi connectivity index (χ0) is 12.4. The Balaban J connectivity index is 2.14. The monoisotopic (exact) mass is 233 g/mol. The van der Waals surface area contributed by atoms with Crippen molar-refractivity contribution in [2.75, 3.05) is 0 Å². The largest absolute Gasteiger partial charge is 0.324 e. The Bertz CT molecular complexity index is 502. The molecule has 2 N–H and O–H groups in total. The van der Waals surface area contributed by atoms with E-state index in [1.165, 1.54) is 12.1 Å². The molecule has 2 rings (SSSR count). The molecule has 1 heterocycles. The maximum absolute atomic E-state index is 12.8. The lowest BCUT2D eigenvalue weighted by Crippen LogP contribution is -2.13. The molecule has 17 heavy (non-hydrogen) atoms. The summed E-state index contributed by atoms with van der Waals surface area (Å²) in [6.07, 6.45) is 2.62. The van der Waals surface area contributed by atoms with E-state index < -0.39 is 0 Å². The van der Waals surface area contributed by atoms with Crippen LogP contribution in [0.4, 0.5) is 4.39 Å². The lowest BCUT2D eigenvalue weighted by molar-refractivity contribution is 0.625. The second kappa shape index (κ2) is 4.67. The lowest BCUT2D eigenvalue weighted by atomic mass is 10.0. The number of benzene rings is 1. The average molecular weight is 233 g/mol. The van der Waals surface area contributed by atoms with Crippen molar-refractivity contribution in [3.8, 4) is 0 Å². The molecule has 0 bridgehead atoms. The fourth-order valence-electron chi connectivity index (χ4n) is 1.97. The molecule has 0 spiro atoms. The fraction of sp³-hybridized carbons (Fsp3) is 0.308. The predicted octanol–water partition coefficient (Wildman–Crippen LogP) is 2.11. The van der Waals surface area contributed by atoms with Gasteiger partial charge >= 0.3 is 0 Å². The maximum Gasteiger partial charge on any atom is 0.123 e. The first kappa shape index (κ1) is 11.8. The van der Waals surface area contributed by atoms with Crippen molar-refractivity contribution >= 4 is 0 Å². The zero-order valence-corrected chi connectivity index (χ0v) is 10.0. The highest BCUT2D eigenvalue weighted by molar-refractivity contribution is 5.24. The molecule has 0 aliphatic rings. The van der Waals surface area contributed by atoms with E-state index in [2.05, 4.69) is 5.10 Å². The molecule has 0 radical (unpaired) electrons. The molecule has 1 atom stereocenters. The highest BCUT2D eigenvalue weighted by Crippen LogP contribution is 2.18. The number of aryl methyl sites for hydroxylation is 2. The summed E-state index contributed by atoms with van der Waals surface area (Å²) in [6.45, 7) is 1.94. The molecule has 1 aromatic carbocycles. The van der Waals surface area contributed by atoms with E-state index in [0.29, 0.717) is 6.42 Å². The highest BCUT2D eigenvalue weighted by Gasteiger charge is 2.12. The van der Waals surface area contributed by atoms with Gasteiger partial charge in [0, 0.05) is 24.8 Å². The minimum Gasteiger partial charge on any atom is -0.324 e. The first-order valence-electron chi connectivity index (χ1n) is 5.56. The second-order valence-corrected chi connectivity index (χ2v) is 4.28. The molecule has 1 unspecified atom stereocenters. The fourth-order valence-corrected chi connectivity index (χ4v) is 1.97. The molecular formula is C13H16FN3. The molecule has 0 amide bonds. The van der Waals surface area contributed by atoms with E-state index in [1.807, 2.05) is 20.2 Å². The Labute approximate surface area is 100 Å². The van der Waals surface area contributed by atoms with Gasteiger partial charge in [0.15, 0.2) is 0 Å². The van der Waals surface area contributed by atoms with Crippen LogP contribution in [0.5, 0.6) is 0 Å². The van der Waals surface area contributed by atoms with Crippen LogP contribution in [0.2, 0.25) is 0 Å². The van der Waals surface area contributed by atoms with Crippen molar-refractivity contribution in [3.05, 3.63) is 53.1 Å². The third-order valence-electron chi connectivity index (χ3n) is 2.82. The summed E-state index contributed by atoms with van der Waals surface area (Å²) >= 11 is 0. The van der Waals surface area contributed by atoms with Gasteiger partial charge in [0.05, 0.1) is 5.69 Å². The van der Waals surface area contributed by atoms with E-state index in [0.717, 1.165) is 16.8 Å². The molecule has 0 saturated heterocycles. The van der Waals surface area contributed by atoms with Crippen LogP contribution in [-0.4, -0.2) is 9.78 Å². The van der Waals surface area contributed by atoms with Crippen molar-refractivity contribution in [1.29, 1.82) is 0 Å². The summed E-state index contributed by atoms with van der Waals surface area (Å²) in [5.41, 5.74) is 9.15. The number of nitrogens with two attached hydrogens (primary N) is 1. The van der Waals surface area contributed by atoms with Crippen molar-refractivity contribution in [1.82, 2.24) is 9.78 Å². The topological polar surface area (TPSA) is 43.8 Å². The minimum atomic E-state index is -0.222. The van der Waals surface area contributed by atoms with Gasteiger partial charge in [0.2, 0.25) is 0 Å². The van der Waals surface area contributed by atoms with Crippen LogP contribution in [0.15, 0.2) is 30.5 Å². The van der Waals surface area contributed by atoms with Gasteiger partial charge < -0.3 is 5.73 Å². The summed E-state index contributed by atoms with van der Waals surface area (Å²) in [5, 5.41) is 4.26. The van der Waals surface area contributed by atoms with E-state index in [9.17, 15) is 4.39 Å². The number of hydrogen-bond acceptors (Lipinski definition) is 2. The van der Waals surface area contributed by atoms with Gasteiger partial charge in [0.1, 0.15) is 5.82 Å². The van der Waals surface area contributed by atoms with Gasteiger partial charge in [-0.15, -0.1) is 0 Å². The van der Waals surface area contributed by atoms with Gasteiger partial charge in [-0.2, -0.15) is 5.10 Å². The second-order valence-electron chi connectivity index (χ2n) is 4.28. The standard InChI is InChI=1S/C13H16FN3/c1-9-12(8-17(2)16-9)13(15)7-10-3-5-11(14)6-4-10/h3-6,8,13H,7,15H2,1-2H3. The first-order valence-corrected chi connectivity index (χ1v) is 5.56. The number of aromatic nitrogens is 2. The Kier molecular flexibility index (Phi) is 3.24. The number of halogens is 1. The van der Waals surface area contributed by atoms with Gasteiger partial charge in [-0.25, -0.2) is 4.39 Å². The molecule has 0 aliphatic carbocycles. The zero-order valence-electron chi connectivity index (χ0n) is 10.0. The average Bonchev–Trinajstić information content (AvgIpc) is 2.61. The molecule has 1 aromatic heterocycles. The SMILES string of the molecule is Cc1nn(C)cc1C(N)Cc1ccc(F)cc1. The van der Waals surface area contributed by atoms with Crippen molar-refractivity contribution in [2.45, 2.75) is 19.4 Å². The van der Waals surface area contributed by atoms with E-state index in [1.54, 1.807) is 16.8 Å². The third-order valence-corrected chi connectivity index (χ3v) is 2.82. The van der Waals surface area contributed by atoms with Crippen LogP contribution in [0.1, 0.15) is 22.9 Å². The van der Waals surface area contributed by atoms with Gasteiger partial charge in [-0.3, -0.25) is 4.68 Å². The number of rotatable bonds is 3. The van der Waals surface area contributed by atoms with Gasteiger partial charge in [-0.1, -0.05) is 12.1 Å². The first-order chi connectivity index (χ1) is 8.06. The summed E-state index contributed by atoms with van der Waals surface area (Å²) in [5.74, 6) is -0.222. The van der Waals surface area contributed by atoms with Crippen molar-refractivity contribution < 1.29 is 4.39 Å². The highest BCUT2D eigenvalue weighted by atomic mass is 19.1. The Morgan fingerprint density at radius 2 is 2.00 bits per heavy atom.